The summed E-state index contributed by atoms with van der Waals surface area (Å²) in [5.74, 6) is 0. The van der Waals surface area contributed by atoms with E-state index in [-0.39, 0.29) is 0 Å². The lowest BCUT2D eigenvalue weighted by Gasteiger charge is -2.21. The molecule has 0 amide bonds. The quantitative estimate of drug-likeness (QED) is 0.0393. The molecule has 2 aliphatic rings. The fourth-order valence-corrected chi connectivity index (χ4v) is 8.39. The van der Waals surface area contributed by atoms with Crippen LogP contribution < -0.4 is 9.80 Å². The first-order chi connectivity index (χ1) is 22.5. The first kappa shape index (κ1) is 30.7. The monoisotopic (exact) mass is 642 g/mol. The Morgan fingerprint density at radius 1 is 0.674 bits per heavy atom. The number of rotatable bonds is 14. The van der Waals surface area contributed by atoms with Crippen molar-refractivity contribution in [3.05, 3.63) is 52.6 Å². The number of thiocarbonyl (C=S) groups is 2. The topological polar surface area (TPSA) is 60.4 Å². The zero-order valence-electron chi connectivity index (χ0n) is 26.7. The molecule has 2 aromatic heterocycles. The van der Waals surface area contributed by atoms with Gasteiger partial charge in [0.05, 0.1) is 34.9 Å². The molecule has 0 atom stereocenters. The third-order valence-electron chi connectivity index (χ3n) is 9.97. The summed E-state index contributed by atoms with van der Waals surface area (Å²) in [6.07, 6.45) is 18.1. The minimum atomic E-state index is 0.544. The van der Waals surface area contributed by atoms with Gasteiger partial charge in [0.25, 0.3) is 0 Å². The summed E-state index contributed by atoms with van der Waals surface area (Å²) >= 11 is 12.1. The van der Waals surface area contributed by atoms with Crippen LogP contribution >= 0.6 is 24.4 Å². The van der Waals surface area contributed by atoms with Crippen molar-refractivity contribution in [3.8, 4) is 6.07 Å². The van der Waals surface area contributed by atoms with Gasteiger partial charge >= 0.3 is 0 Å². The summed E-state index contributed by atoms with van der Waals surface area (Å²) in [6.45, 7) is 14.4. The minimum Gasteiger partial charge on any atom is -0.333 e. The Balaban J connectivity index is 1.39. The maximum atomic E-state index is 10.6. The number of nitriles is 1. The maximum Gasteiger partial charge on any atom is 0.199 e. The molecule has 0 N–H and O–H groups in total. The fraction of sp³-hybridized carbons (Fsp3) is 0.421. The Labute approximate surface area is 281 Å². The van der Waals surface area contributed by atoms with Crippen LogP contribution in [-0.2, 0) is 0 Å². The molecule has 232 valence electrons. The van der Waals surface area contributed by atoms with E-state index in [9.17, 15) is 5.26 Å². The predicted molar refractivity (Wildman–Crippen MR) is 199 cm³/mol. The second-order valence-electron chi connectivity index (χ2n) is 12.8. The highest BCUT2D eigenvalue weighted by atomic mass is 32.1. The normalized spacial score (nSPS) is 13.7. The first-order valence-electron chi connectivity index (χ1n) is 17.0. The molecule has 7 rings (SSSR count). The Kier molecular flexibility index (Phi) is 8.44. The zero-order valence-corrected chi connectivity index (χ0v) is 28.3. The van der Waals surface area contributed by atoms with Gasteiger partial charge in [-0.05, 0) is 25.0 Å². The van der Waals surface area contributed by atoms with E-state index in [4.69, 9.17) is 41.0 Å². The molecule has 0 fully saturated rings. The number of pyridine rings is 2. The van der Waals surface area contributed by atoms with E-state index in [2.05, 4.69) is 34.6 Å². The van der Waals surface area contributed by atoms with Crippen molar-refractivity contribution < 1.29 is 0 Å². The van der Waals surface area contributed by atoms with Crippen LogP contribution in [0, 0.1) is 17.9 Å². The minimum absolute atomic E-state index is 0.544. The van der Waals surface area contributed by atoms with Crippen molar-refractivity contribution in [3.63, 3.8) is 0 Å². The number of benzene rings is 3. The first-order valence-corrected chi connectivity index (χ1v) is 17.8. The third kappa shape index (κ3) is 4.69. The molecule has 8 heteroatoms. The summed E-state index contributed by atoms with van der Waals surface area (Å²) in [6, 6.07) is 6.51. The van der Waals surface area contributed by atoms with Gasteiger partial charge in [0.2, 0.25) is 0 Å². The van der Waals surface area contributed by atoms with Crippen LogP contribution in [0.25, 0.3) is 48.2 Å². The number of nitrogens with zero attached hydrogens (tertiary/aromatic N) is 6. The molecule has 2 aliphatic heterocycles. The van der Waals surface area contributed by atoms with Crippen LogP contribution in [0.3, 0.4) is 0 Å². The molecular formula is C38H38N6S2. The summed E-state index contributed by atoms with van der Waals surface area (Å²) in [5.41, 5.74) is 6.38. The average molecular weight is 643 g/mol. The van der Waals surface area contributed by atoms with Gasteiger partial charge in [0.1, 0.15) is 9.98 Å². The summed E-state index contributed by atoms with van der Waals surface area (Å²) < 4.78 is 0. The van der Waals surface area contributed by atoms with Gasteiger partial charge < -0.3 is 9.80 Å². The maximum absolute atomic E-state index is 10.6. The summed E-state index contributed by atoms with van der Waals surface area (Å²) in [4.78, 5) is 20.0. The van der Waals surface area contributed by atoms with Gasteiger partial charge in [0.15, 0.2) is 5.69 Å². The van der Waals surface area contributed by atoms with Crippen molar-refractivity contribution in [2.75, 3.05) is 22.9 Å². The van der Waals surface area contributed by atoms with E-state index >= 15 is 0 Å². The van der Waals surface area contributed by atoms with E-state index in [1.165, 1.54) is 51.4 Å². The number of hydrogen-bond donors (Lipinski definition) is 0. The van der Waals surface area contributed by atoms with Crippen LogP contribution in [-0.4, -0.2) is 33.0 Å². The molecular weight excluding hydrogens is 605 g/mol. The number of fused-ring (bicyclic) bond motifs is 2. The number of anilines is 2. The Hall–Kier alpha value is -3.98. The van der Waals surface area contributed by atoms with Crippen molar-refractivity contribution in [1.29, 1.82) is 5.26 Å². The molecule has 0 bridgehead atoms. The zero-order chi connectivity index (χ0) is 31.9. The van der Waals surface area contributed by atoms with Crippen molar-refractivity contribution >= 4 is 94.8 Å². The van der Waals surface area contributed by atoms with Gasteiger partial charge in [0, 0.05) is 74.6 Å². The highest BCUT2D eigenvalue weighted by Crippen LogP contribution is 2.53. The van der Waals surface area contributed by atoms with Crippen LogP contribution in [0.4, 0.5) is 17.1 Å². The van der Waals surface area contributed by atoms with Crippen molar-refractivity contribution in [2.24, 2.45) is 0 Å². The van der Waals surface area contributed by atoms with Gasteiger partial charge in [-0.2, -0.15) is 5.26 Å². The SMILES string of the molecule is [C-]#[N+]c1cc2c3c(cnc4c5c(C#N)cc6c7c(cnc(c1c34)c75)C(=S)N6CCCCCCCC)C(=S)N2CCCCCCCC. The molecule has 5 aromatic rings. The number of aromatic nitrogens is 2. The average Bonchev–Trinajstić information content (AvgIpc) is 3.51. The highest BCUT2D eigenvalue weighted by molar-refractivity contribution is 7.81. The Morgan fingerprint density at radius 2 is 1.15 bits per heavy atom. The van der Waals surface area contributed by atoms with E-state index < -0.39 is 0 Å². The molecule has 3 aromatic carbocycles. The van der Waals surface area contributed by atoms with Gasteiger partial charge in [-0.1, -0.05) is 102 Å². The molecule has 0 radical (unpaired) electrons. The van der Waals surface area contributed by atoms with E-state index in [0.29, 0.717) is 11.3 Å². The molecule has 46 heavy (non-hydrogen) atoms. The number of hydrogen-bond acceptors (Lipinski definition) is 5. The molecule has 0 saturated heterocycles. The smallest absolute Gasteiger partial charge is 0.199 e. The molecule has 4 heterocycles. The highest BCUT2D eigenvalue weighted by Gasteiger charge is 2.35. The van der Waals surface area contributed by atoms with E-state index in [1.807, 2.05) is 24.5 Å². The van der Waals surface area contributed by atoms with Gasteiger partial charge in [-0.3, -0.25) is 9.97 Å². The van der Waals surface area contributed by atoms with Gasteiger partial charge in [-0.15, -0.1) is 0 Å². The molecule has 0 aliphatic carbocycles. The summed E-state index contributed by atoms with van der Waals surface area (Å²) in [7, 11) is 0. The van der Waals surface area contributed by atoms with E-state index in [1.54, 1.807) is 0 Å². The second kappa shape index (κ2) is 12.7. The van der Waals surface area contributed by atoms with Crippen molar-refractivity contribution in [1.82, 2.24) is 9.97 Å². The van der Waals surface area contributed by atoms with Crippen LogP contribution in [0.15, 0.2) is 24.5 Å². The van der Waals surface area contributed by atoms with Crippen LogP contribution in [0.2, 0.25) is 0 Å². The second-order valence-corrected chi connectivity index (χ2v) is 13.6. The fourth-order valence-electron chi connectivity index (χ4n) is 7.70. The number of unbranched alkanes of at least 4 members (excludes halogenated alkanes) is 10. The van der Waals surface area contributed by atoms with Crippen LogP contribution in [0.5, 0.6) is 0 Å². The molecule has 0 spiro atoms. The Bertz CT molecular complexity index is 1970. The van der Waals surface area contributed by atoms with Crippen LogP contribution in [0.1, 0.15) is 108 Å². The lowest BCUT2D eigenvalue weighted by Crippen LogP contribution is -2.27. The lowest BCUT2D eigenvalue weighted by atomic mass is 9.89. The predicted octanol–water partition coefficient (Wildman–Crippen LogP) is 10.7. The largest absolute Gasteiger partial charge is 0.333 e. The third-order valence-corrected chi connectivity index (χ3v) is 10.8. The van der Waals surface area contributed by atoms with E-state index in [0.717, 1.165) is 115 Å². The van der Waals surface area contributed by atoms with Crippen molar-refractivity contribution in [2.45, 2.75) is 90.9 Å². The molecule has 0 saturated carbocycles. The lowest BCUT2D eigenvalue weighted by molar-refractivity contribution is 0.611. The van der Waals surface area contributed by atoms with Gasteiger partial charge in [-0.25, -0.2) is 4.85 Å². The Morgan fingerprint density at radius 3 is 1.67 bits per heavy atom. The standard InChI is InChI=1S/C38H38N6S2/c1-4-6-8-10-12-14-16-43-27-18-23(20-39)29-33-30(27)24(37(43)45)22-42-36(33)32-26(40-3)19-28-31-25(21-41-35(29)34(31)32)38(46)44(28)17-15-13-11-9-7-5-2/h18-19,21-22H,4-17H2,1-2H3. The molecule has 6 nitrogen and oxygen atoms in total. The summed E-state index contributed by atoms with van der Waals surface area (Å²) in [5, 5.41) is 16.0. The molecule has 0 unspecified atom stereocenters.